The van der Waals surface area contributed by atoms with E-state index in [1.165, 1.54) is 5.57 Å². The van der Waals surface area contributed by atoms with E-state index in [0.717, 1.165) is 24.2 Å². The zero-order chi connectivity index (χ0) is 13.5. The van der Waals surface area contributed by atoms with E-state index in [1.807, 2.05) is 13.8 Å². The molecule has 0 radical (unpaired) electrons. The van der Waals surface area contributed by atoms with Crippen LogP contribution in [0.25, 0.3) is 0 Å². The summed E-state index contributed by atoms with van der Waals surface area (Å²) in [5.41, 5.74) is 1.91. The second-order valence-corrected chi connectivity index (χ2v) is 5.96. The Bertz CT molecular complexity index is 408. The molecular weight excluding hydrogens is 228 g/mol. The van der Waals surface area contributed by atoms with Gasteiger partial charge in [0.05, 0.1) is 5.76 Å². The predicted molar refractivity (Wildman–Crippen MR) is 71.1 cm³/mol. The molecule has 0 fully saturated rings. The van der Waals surface area contributed by atoms with Gasteiger partial charge in [-0.05, 0) is 37.8 Å². The van der Waals surface area contributed by atoms with Gasteiger partial charge in [0, 0.05) is 24.9 Å². The SMILES string of the molecule is CC1=C(O)C(C)C(C)C2=C1CCC(C)(CCO)O2. The maximum absolute atomic E-state index is 10.1. The molecule has 0 aromatic carbocycles. The van der Waals surface area contributed by atoms with Crippen LogP contribution in [0.5, 0.6) is 0 Å². The standard InChI is InChI=1S/C15H24O3/c1-9-10(2)14-12(11(3)13(9)17)5-6-15(4,18-14)7-8-16/h9-10,16-17H,5-8H2,1-4H3. The second kappa shape index (κ2) is 4.61. The summed E-state index contributed by atoms with van der Waals surface area (Å²) in [6.07, 6.45) is 2.50. The van der Waals surface area contributed by atoms with Crippen LogP contribution in [0.4, 0.5) is 0 Å². The Morgan fingerprint density at radius 2 is 2.00 bits per heavy atom. The van der Waals surface area contributed by atoms with Crippen molar-refractivity contribution < 1.29 is 14.9 Å². The van der Waals surface area contributed by atoms with Gasteiger partial charge in [0.1, 0.15) is 11.4 Å². The number of rotatable bonds is 2. The molecule has 2 aliphatic rings. The fourth-order valence-corrected chi connectivity index (χ4v) is 3.00. The Hall–Kier alpha value is -0.960. The summed E-state index contributed by atoms with van der Waals surface area (Å²) in [5, 5.41) is 19.3. The second-order valence-electron chi connectivity index (χ2n) is 5.96. The highest BCUT2D eigenvalue weighted by Crippen LogP contribution is 2.46. The van der Waals surface area contributed by atoms with Gasteiger partial charge in [-0.1, -0.05) is 13.8 Å². The van der Waals surface area contributed by atoms with Crippen molar-refractivity contribution in [2.75, 3.05) is 6.61 Å². The van der Waals surface area contributed by atoms with Gasteiger partial charge in [-0.15, -0.1) is 0 Å². The van der Waals surface area contributed by atoms with Crippen LogP contribution in [0, 0.1) is 11.8 Å². The van der Waals surface area contributed by atoms with Crippen molar-refractivity contribution in [2.45, 2.75) is 52.6 Å². The molecule has 1 aliphatic carbocycles. The largest absolute Gasteiger partial charge is 0.512 e. The van der Waals surface area contributed by atoms with Gasteiger partial charge in [-0.2, -0.15) is 0 Å². The van der Waals surface area contributed by atoms with E-state index in [2.05, 4.69) is 13.8 Å². The van der Waals surface area contributed by atoms with Gasteiger partial charge >= 0.3 is 0 Å². The van der Waals surface area contributed by atoms with E-state index < -0.39 is 0 Å². The van der Waals surface area contributed by atoms with Crippen LogP contribution in [0.3, 0.4) is 0 Å². The molecule has 0 aromatic rings. The lowest BCUT2D eigenvalue weighted by atomic mass is 9.76. The Kier molecular flexibility index (Phi) is 3.45. The lowest BCUT2D eigenvalue weighted by Crippen LogP contribution is -2.37. The molecule has 0 saturated heterocycles. The van der Waals surface area contributed by atoms with E-state index in [4.69, 9.17) is 9.84 Å². The Morgan fingerprint density at radius 3 is 2.61 bits per heavy atom. The van der Waals surface area contributed by atoms with Crippen molar-refractivity contribution in [2.24, 2.45) is 11.8 Å². The van der Waals surface area contributed by atoms with Gasteiger partial charge < -0.3 is 14.9 Å². The molecule has 1 aliphatic heterocycles. The van der Waals surface area contributed by atoms with Crippen LogP contribution in [-0.4, -0.2) is 22.4 Å². The molecule has 3 unspecified atom stereocenters. The zero-order valence-corrected chi connectivity index (χ0v) is 11.8. The summed E-state index contributed by atoms with van der Waals surface area (Å²) in [6, 6.07) is 0. The molecule has 1 heterocycles. The molecule has 2 rings (SSSR count). The van der Waals surface area contributed by atoms with Crippen LogP contribution < -0.4 is 0 Å². The summed E-state index contributed by atoms with van der Waals surface area (Å²) >= 11 is 0. The van der Waals surface area contributed by atoms with Crippen molar-refractivity contribution in [1.82, 2.24) is 0 Å². The fourth-order valence-electron chi connectivity index (χ4n) is 3.00. The van der Waals surface area contributed by atoms with E-state index in [-0.39, 0.29) is 24.0 Å². The topological polar surface area (TPSA) is 49.7 Å². The monoisotopic (exact) mass is 252 g/mol. The van der Waals surface area contributed by atoms with Crippen LogP contribution in [0.2, 0.25) is 0 Å². The summed E-state index contributed by atoms with van der Waals surface area (Å²) < 4.78 is 6.19. The average molecular weight is 252 g/mol. The predicted octanol–water partition coefficient (Wildman–Crippen LogP) is 3.31. The van der Waals surface area contributed by atoms with Crippen molar-refractivity contribution in [1.29, 1.82) is 0 Å². The molecule has 2 N–H and O–H groups in total. The lowest BCUT2D eigenvalue weighted by Gasteiger charge is -2.42. The first-order chi connectivity index (χ1) is 8.39. The third kappa shape index (κ3) is 2.05. The highest BCUT2D eigenvalue weighted by atomic mass is 16.5. The van der Waals surface area contributed by atoms with Crippen molar-refractivity contribution in [3.63, 3.8) is 0 Å². The van der Waals surface area contributed by atoms with Gasteiger partial charge in [0.25, 0.3) is 0 Å². The Balaban J connectivity index is 2.35. The first kappa shape index (κ1) is 13.5. The summed E-state index contributed by atoms with van der Waals surface area (Å²) in [6.45, 7) is 8.34. The molecule has 0 bridgehead atoms. The van der Waals surface area contributed by atoms with Gasteiger partial charge in [0.15, 0.2) is 0 Å². The number of hydrogen-bond donors (Lipinski definition) is 2. The molecule has 3 atom stereocenters. The molecule has 0 aromatic heterocycles. The van der Waals surface area contributed by atoms with E-state index >= 15 is 0 Å². The molecule has 0 spiro atoms. The number of aliphatic hydroxyl groups excluding tert-OH is 2. The quantitative estimate of drug-likeness (QED) is 0.792. The van der Waals surface area contributed by atoms with Crippen LogP contribution in [0.15, 0.2) is 22.7 Å². The smallest absolute Gasteiger partial charge is 0.108 e. The normalized spacial score (nSPS) is 36.5. The number of ether oxygens (including phenoxy) is 1. The van der Waals surface area contributed by atoms with Crippen LogP contribution in [-0.2, 0) is 4.74 Å². The molecule has 0 saturated carbocycles. The zero-order valence-electron chi connectivity index (χ0n) is 11.8. The van der Waals surface area contributed by atoms with Gasteiger partial charge in [-0.3, -0.25) is 0 Å². The van der Waals surface area contributed by atoms with Crippen molar-refractivity contribution >= 4 is 0 Å². The first-order valence-electron chi connectivity index (χ1n) is 6.82. The molecule has 3 nitrogen and oxygen atoms in total. The fraction of sp³-hybridized carbons (Fsp3) is 0.733. The maximum atomic E-state index is 10.1. The first-order valence-corrected chi connectivity index (χ1v) is 6.82. The van der Waals surface area contributed by atoms with E-state index in [9.17, 15) is 5.11 Å². The summed E-state index contributed by atoms with van der Waals surface area (Å²) in [5.74, 6) is 1.86. The van der Waals surface area contributed by atoms with E-state index in [1.54, 1.807) is 0 Å². The number of aliphatic hydroxyl groups is 2. The molecular formula is C15H24O3. The van der Waals surface area contributed by atoms with Gasteiger partial charge in [0.2, 0.25) is 0 Å². The highest BCUT2D eigenvalue weighted by Gasteiger charge is 2.40. The highest BCUT2D eigenvalue weighted by molar-refractivity contribution is 5.40. The van der Waals surface area contributed by atoms with Crippen molar-refractivity contribution in [3.05, 3.63) is 22.7 Å². The summed E-state index contributed by atoms with van der Waals surface area (Å²) in [7, 11) is 0. The number of hydrogen-bond acceptors (Lipinski definition) is 3. The van der Waals surface area contributed by atoms with Crippen LogP contribution >= 0.6 is 0 Å². The number of allylic oxidation sites excluding steroid dienone is 4. The summed E-state index contributed by atoms with van der Waals surface area (Å²) in [4.78, 5) is 0. The van der Waals surface area contributed by atoms with Gasteiger partial charge in [-0.25, -0.2) is 0 Å². The molecule has 102 valence electrons. The lowest BCUT2D eigenvalue weighted by molar-refractivity contribution is -0.0391. The minimum atomic E-state index is -0.255. The maximum Gasteiger partial charge on any atom is 0.108 e. The minimum absolute atomic E-state index is 0.111. The third-order valence-corrected chi connectivity index (χ3v) is 4.63. The van der Waals surface area contributed by atoms with Crippen LogP contribution in [0.1, 0.15) is 47.0 Å². The Labute approximate surface area is 109 Å². The molecule has 18 heavy (non-hydrogen) atoms. The van der Waals surface area contributed by atoms with Crippen molar-refractivity contribution in [3.8, 4) is 0 Å². The minimum Gasteiger partial charge on any atom is -0.512 e. The molecule has 3 heteroatoms. The molecule has 0 amide bonds. The third-order valence-electron chi connectivity index (χ3n) is 4.63. The average Bonchev–Trinajstić information content (AvgIpc) is 2.34. The Morgan fingerprint density at radius 1 is 1.33 bits per heavy atom. The van der Waals surface area contributed by atoms with E-state index in [0.29, 0.717) is 12.2 Å².